The van der Waals surface area contributed by atoms with Crippen molar-refractivity contribution < 1.29 is 26.7 Å². The average Bonchev–Trinajstić information content (AvgIpc) is 2.51. The molecule has 0 fully saturated rings. The van der Waals surface area contributed by atoms with E-state index in [9.17, 15) is 26.7 Å². The van der Waals surface area contributed by atoms with Crippen LogP contribution in [0.2, 0.25) is 0 Å². The maximum atomic E-state index is 13.5. The zero-order valence-electron chi connectivity index (χ0n) is 11.8. The summed E-state index contributed by atoms with van der Waals surface area (Å²) in [7, 11) is -0.926. The number of nitrogens with zero attached hydrogens (tertiary/aromatic N) is 2. The lowest BCUT2D eigenvalue weighted by atomic mass is 10.1. The fraction of sp³-hybridized carbons (Fsp3) is 0.385. The van der Waals surface area contributed by atoms with Gasteiger partial charge in [-0.3, -0.25) is 4.79 Å². The second-order valence-corrected chi connectivity index (χ2v) is 6.30. The highest BCUT2D eigenvalue weighted by Gasteiger charge is 2.29. The summed E-state index contributed by atoms with van der Waals surface area (Å²) >= 11 is 4.38. The van der Waals surface area contributed by atoms with E-state index in [1.807, 2.05) is 0 Å². The summed E-state index contributed by atoms with van der Waals surface area (Å²) in [5.74, 6) is -12.1. The van der Waals surface area contributed by atoms with Gasteiger partial charge in [0.1, 0.15) is 5.56 Å². The third-order valence-corrected chi connectivity index (χ3v) is 4.17. The number of carbonyl (C=O) groups is 1. The summed E-state index contributed by atoms with van der Waals surface area (Å²) < 4.78 is 69.4. The van der Waals surface area contributed by atoms with Crippen LogP contribution in [0.1, 0.15) is 23.2 Å². The molecule has 23 heavy (non-hydrogen) atoms. The molecular weight excluding hydrogens is 359 g/mol. The minimum atomic E-state index is -2.31. The molecule has 10 heteroatoms. The van der Waals surface area contributed by atoms with Gasteiger partial charge in [0.05, 0.1) is 5.16 Å². The molecule has 126 valence electrons. The highest BCUT2D eigenvalue weighted by molar-refractivity contribution is 7.86. The molecule has 1 unspecified atom stereocenters. The lowest BCUT2D eigenvalue weighted by molar-refractivity contribution is 0.0994. The van der Waals surface area contributed by atoms with Crippen LogP contribution in [-0.4, -0.2) is 29.6 Å². The van der Waals surface area contributed by atoms with Crippen LogP contribution in [0.5, 0.6) is 0 Å². The highest BCUT2D eigenvalue weighted by Crippen LogP contribution is 2.23. The Bertz CT molecular complexity index is 673. The molecule has 0 aromatic heterocycles. The van der Waals surface area contributed by atoms with Crippen molar-refractivity contribution >= 4 is 34.0 Å². The van der Waals surface area contributed by atoms with E-state index in [0.29, 0.717) is 25.1 Å². The Morgan fingerprint density at radius 3 is 2.09 bits per heavy atom. The van der Waals surface area contributed by atoms with E-state index in [2.05, 4.69) is 26.7 Å². The van der Waals surface area contributed by atoms with Gasteiger partial charge in [-0.25, -0.2) is 26.9 Å². The number of thiocarbonyl (C=S) groups is 1. The van der Waals surface area contributed by atoms with Gasteiger partial charge >= 0.3 is 0 Å². The topological polar surface area (TPSA) is 41.8 Å². The zero-order chi connectivity index (χ0) is 17.6. The van der Waals surface area contributed by atoms with Gasteiger partial charge in [0.2, 0.25) is 5.82 Å². The molecule has 0 heterocycles. The molecule has 1 rings (SSSR count). The molecule has 0 radical (unpaired) electrons. The largest absolute Gasteiger partial charge is 0.289 e. The van der Waals surface area contributed by atoms with E-state index in [0.717, 1.165) is 0 Å². The molecule has 3 nitrogen and oxygen atoms in total. The van der Waals surface area contributed by atoms with Crippen LogP contribution in [0.4, 0.5) is 22.0 Å². The van der Waals surface area contributed by atoms with Gasteiger partial charge in [0, 0.05) is 12.3 Å². The van der Waals surface area contributed by atoms with Crippen LogP contribution in [-0.2, 0) is 10.7 Å². The number of hydrogen-bond donors (Lipinski definition) is 0. The van der Waals surface area contributed by atoms with E-state index in [1.54, 1.807) is 0 Å². The number of aliphatic imine (C=N–C) groups is 1. The average molecular weight is 370 g/mol. The summed E-state index contributed by atoms with van der Waals surface area (Å²) in [5.41, 5.74) is -1.54. The van der Waals surface area contributed by atoms with Crippen LogP contribution in [0.15, 0.2) is 9.36 Å². The molecule has 1 aromatic carbocycles. The zero-order valence-corrected chi connectivity index (χ0v) is 13.5. The number of amides is 1. The fourth-order valence-corrected chi connectivity index (χ4v) is 2.75. The third-order valence-electron chi connectivity index (χ3n) is 2.69. The van der Waals surface area contributed by atoms with E-state index < -0.39 is 51.2 Å². The molecule has 0 spiro atoms. The van der Waals surface area contributed by atoms with E-state index in [4.69, 9.17) is 0 Å². The van der Waals surface area contributed by atoms with Crippen LogP contribution in [0, 0.1) is 29.1 Å². The number of carbonyl (C=O) groups excluding carboxylic acids is 1. The van der Waals surface area contributed by atoms with Crippen molar-refractivity contribution in [3.8, 4) is 0 Å². The van der Waals surface area contributed by atoms with Crippen molar-refractivity contribution in [1.82, 2.24) is 0 Å². The normalized spacial score (nSPS) is 12.1. The molecular formula is C13H11F5N2OS2. The summed E-state index contributed by atoms with van der Waals surface area (Å²) in [5, 5.41) is 2.19. The molecule has 1 atom stereocenters. The fourth-order valence-electron chi connectivity index (χ4n) is 1.57. The monoisotopic (exact) mass is 370 g/mol. The minimum absolute atomic E-state index is 0.411. The first kappa shape index (κ1) is 19.5. The molecule has 0 N–H and O–H groups in total. The Morgan fingerprint density at radius 2 is 1.57 bits per heavy atom. The first-order valence-electron chi connectivity index (χ1n) is 6.25. The number of hydrogen-bond acceptors (Lipinski definition) is 3. The Kier molecular flexibility index (Phi) is 7.60. The van der Waals surface area contributed by atoms with Crippen molar-refractivity contribution in [2.24, 2.45) is 9.36 Å². The van der Waals surface area contributed by atoms with Gasteiger partial charge in [-0.1, -0.05) is 10.7 Å². The quantitative estimate of drug-likeness (QED) is 0.191. The second-order valence-electron chi connectivity index (χ2n) is 4.33. The molecule has 0 aliphatic carbocycles. The van der Waals surface area contributed by atoms with E-state index in [-0.39, 0.29) is 0 Å². The van der Waals surface area contributed by atoms with Gasteiger partial charge in [-0.2, -0.15) is 4.36 Å². The second kappa shape index (κ2) is 8.95. The standard InChI is InChI=1S/C13H11F5N2OS2/c1-23(5-3-2-4-19-6-22)20-13(21)7-8(14)10(16)12(18)11(17)9(7)15/h2-5H2,1H3. The number of isothiocyanates is 1. The molecule has 0 saturated carbocycles. The molecule has 0 saturated heterocycles. The van der Waals surface area contributed by atoms with Crippen LogP contribution in [0.25, 0.3) is 0 Å². The summed E-state index contributed by atoms with van der Waals surface area (Å²) in [6.45, 7) is 0.451. The first-order valence-corrected chi connectivity index (χ1v) is 8.41. The number of unbranched alkanes of at least 4 members (excludes halogenated alkanes) is 1. The van der Waals surface area contributed by atoms with E-state index >= 15 is 0 Å². The minimum Gasteiger partial charge on any atom is -0.266 e. The van der Waals surface area contributed by atoms with Crippen LogP contribution < -0.4 is 0 Å². The number of rotatable bonds is 6. The molecule has 0 aliphatic heterocycles. The van der Waals surface area contributed by atoms with Crippen molar-refractivity contribution in [3.63, 3.8) is 0 Å². The van der Waals surface area contributed by atoms with Gasteiger partial charge in [0.25, 0.3) is 5.91 Å². The Balaban J connectivity index is 2.93. The van der Waals surface area contributed by atoms with Crippen molar-refractivity contribution in [1.29, 1.82) is 0 Å². The molecule has 0 bridgehead atoms. The molecule has 1 amide bonds. The third kappa shape index (κ3) is 4.98. The number of benzene rings is 1. The van der Waals surface area contributed by atoms with Gasteiger partial charge in [0.15, 0.2) is 23.3 Å². The maximum Gasteiger partial charge on any atom is 0.289 e. The highest BCUT2D eigenvalue weighted by atomic mass is 32.2. The Labute approximate surface area is 136 Å². The Hall–Kier alpha value is -1.51. The maximum absolute atomic E-state index is 13.5. The van der Waals surface area contributed by atoms with Crippen molar-refractivity contribution in [2.45, 2.75) is 12.8 Å². The lowest BCUT2D eigenvalue weighted by Gasteiger charge is -2.06. The summed E-state index contributed by atoms with van der Waals surface area (Å²) in [4.78, 5) is 15.4. The SMILES string of the molecule is CS(CCCCN=C=S)=NC(=O)c1c(F)c(F)c(F)c(F)c1F. The summed E-state index contributed by atoms with van der Waals surface area (Å²) in [6.07, 6.45) is 2.77. The van der Waals surface area contributed by atoms with E-state index in [1.165, 1.54) is 6.26 Å². The van der Waals surface area contributed by atoms with Gasteiger partial charge in [-0.05, 0) is 31.3 Å². The summed E-state index contributed by atoms with van der Waals surface area (Å²) in [6, 6.07) is 0. The predicted molar refractivity (Wildman–Crippen MR) is 80.3 cm³/mol. The van der Waals surface area contributed by atoms with Crippen LogP contribution >= 0.6 is 12.2 Å². The Morgan fingerprint density at radius 1 is 1.04 bits per heavy atom. The van der Waals surface area contributed by atoms with Gasteiger partial charge < -0.3 is 0 Å². The van der Waals surface area contributed by atoms with Gasteiger partial charge in [-0.15, -0.1) is 0 Å². The lowest BCUT2D eigenvalue weighted by Crippen LogP contribution is -2.12. The van der Waals surface area contributed by atoms with Crippen molar-refractivity contribution in [3.05, 3.63) is 34.6 Å². The van der Waals surface area contributed by atoms with Crippen molar-refractivity contribution in [2.75, 3.05) is 18.6 Å². The molecule has 1 aromatic rings. The predicted octanol–water partition coefficient (Wildman–Crippen LogP) is 3.84. The number of halogens is 5. The van der Waals surface area contributed by atoms with Crippen LogP contribution in [0.3, 0.4) is 0 Å². The first-order chi connectivity index (χ1) is 10.8. The smallest absolute Gasteiger partial charge is 0.266 e. The molecule has 0 aliphatic rings.